The van der Waals surface area contributed by atoms with E-state index in [1.807, 2.05) is 12.4 Å². The molecule has 106 valence electrons. The zero-order valence-corrected chi connectivity index (χ0v) is 12.3. The second-order valence-electron chi connectivity index (χ2n) is 5.53. The summed E-state index contributed by atoms with van der Waals surface area (Å²) in [5, 5.41) is 3.57. The van der Waals surface area contributed by atoms with E-state index in [0.717, 1.165) is 31.6 Å². The highest BCUT2D eigenvalue weighted by molar-refractivity contribution is 5.10. The molecule has 0 aliphatic heterocycles. The first kappa shape index (κ1) is 14.5. The Bertz CT molecular complexity index is 352. The SMILES string of the molecule is CCCNCC1CCC1N(CC)Cc1ccncc1. The molecule has 0 bridgehead atoms. The van der Waals surface area contributed by atoms with Crippen molar-refractivity contribution in [3.8, 4) is 0 Å². The largest absolute Gasteiger partial charge is 0.316 e. The van der Waals surface area contributed by atoms with Gasteiger partial charge in [0.1, 0.15) is 0 Å². The molecule has 1 aromatic heterocycles. The van der Waals surface area contributed by atoms with Crippen molar-refractivity contribution >= 4 is 0 Å². The van der Waals surface area contributed by atoms with Gasteiger partial charge in [-0.25, -0.2) is 0 Å². The third-order valence-corrected chi connectivity index (χ3v) is 4.22. The Morgan fingerprint density at radius 3 is 2.63 bits per heavy atom. The minimum Gasteiger partial charge on any atom is -0.316 e. The Balaban J connectivity index is 1.84. The summed E-state index contributed by atoms with van der Waals surface area (Å²) in [4.78, 5) is 6.72. The Kier molecular flexibility index (Phi) is 5.80. The van der Waals surface area contributed by atoms with Crippen molar-refractivity contribution in [3.63, 3.8) is 0 Å². The minimum absolute atomic E-state index is 0.766. The molecule has 2 unspecified atom stereocenters. The molecule has 19 heavy (non-hydrogen) atoms. The van der Waals surface area contributed by atoms with Crippen LogP contribution in [0.5, 0.6) is 0 Å². The molecular weight excluding hydrogens is 234 g/mol. The van der Waals surface area contributed by atoms with Crippen LogP contribution in [0.3, 0.4) is 0 Å². The molecule has 0 radical (unpaired) electrons. The summed E-state index contributed by atoms with van der Waals surface area (Å²) in [5.74, 6) is 0.841. The number of nitrogens with one attached hydrogen (secondary N) is 1. The molecule has 1 aromatic rings. The predicted octanol–water partition coefficient (Wildman–Crippen LogP) is 2.68. The first-order chi connectivity index (χ1) is 9.35. The van der Waals surface area contributed by atoms with E-state index in [-0.39, 0.29) is 0 Å². The van der Waals surface area contributed by atoms with Crippen molar-refractivity contribution in [1.29, 1.82) is 0 Å². The molecule has 1 aliphatic carbocycles. The Morgan fingerprint density at radius 1 is 1.26 bits per heavy atom. The van der Waals surface area contributed by atoms with E-state index in [9.17, 15) is 0 Å². The average molecular weight is 261 g/mol. The van der Waals surface area contributed by atoms with Gasteiger partial charge in [-0.2, -0.15) is 0 Å². The molecule has 1 fully saturated rings. The van der Waals surface area contributed by atoms with Crippen molar-refractivity contribution < 1.29 is 0 Å². The van der Waals surface area contributed by atoms with Crippen LogP contribution in [0.1, 0.15) is 38.7 Å². The van der Waals surface area contributed by atoms with E-state index in [2.05, 4.69) is 41.2 Å². The van der Waals surface area contributed by atoms with Crippen LogP contribution >= 0.6 is 0 Å². The number of aromatic nitrogens is 1. The Morgan fingerprint density at radius 2 is 2.05 bits per heavy atom. The van der Waals surface area contributed by atoms with Crippen LogP contribution < -0.4 is 5.32 Å². The second kappa shape index (κ2) is 7.61. The molecule has 2 atom stereocenters. The van der Waals surface area contributed by atoms with Crippen LogP contribution in [-0.2, 0) is 6.54 Å². The minimum atomic E-state index is 0.766. The second-order valence-corrected chi connectivity index (χ2v) is 5.53. The molecular formula is C16H27N3. The van der Waals surface area contributed by atoms with Gasteiger partial charge < -0.3 is 5.32 Å². The number of rotatable bonds is 8. The number of pyridine rings is 1. The van der Waals surface area contributed by atoms with E-state index in [4.69, 9.17) is 0 Å². The van der Waals surface area contributed by atoms with Crippen LogP contribution in [0.25, 0.3) is 0 Å². The van der Waals surface area contributed by atoms with Gasteiger partial charge in [0.25, 0.3) is 0 Å². The molecule has 3 heteroatoms. The predicted molar refractivity (Wildman–Crippen MR) is 80.0 cm³/mol. The first-order valence-electron chi connectivity index (χ1n) is 7.68. The normalized spacial score (nSPS) is 22.5. The average Bonchev–Trinajstić information content (AvgIpc) is 2.42. The van der Waals surface area contributed by atoms with E-state index < -0.39 is 0 Å². The van der Waals surface area contributed by atoms with Crippen LogP contribution in [0.2, 0.25) is 0 Å². The molecule has 2 rings (SSSR count). The molecule has 0 aromatic carbocycles. The summed E-state index contributed by atoms with van der Waals surface area (Å²) in [7, 11) is 0. The maximum Gasteiger partial charge on any atom is 0.0271 e. The van der Waals surface area contributed by atoms with E-state index in [1.54, 1.807) is 0 Å². The van der Waals surface area contributed by atoms with E-state index in [1.165, 1.54) is 31.4 Å². The molecule has 1 aliphatic rings. The number of hydrogen-bond acceptors (Lipinski definition) is 3. The smallest absolute Gasteiger partial charge is 0.0271 e. The van der Waals surface area contributed by atoms with Gasteiger partial charge in [0.05, 0.1) is 0 Å². The van der Waals surface area contributed by atoms with E-state index >= 15 is 0 Å². The maximum absolute atomic E-state index is 4.09. The summed E-state index contributed by atoms with van der Waals surface area (Å²) in [5.41, 5.74) is 1.38. The number of hydrogen-bond donors (Lipinski definition) is 1. The zero-order valence-electron chi connectivity index (χ0n) is 12.3. The maximum atomic E-state index is 4.09. The van der Waals surface area contributed by atoms with Crippen molar-refractivity contribution in [2.45, 2.75) is 45.7 Å². The van der Waals surface area contributed by atoms with Gasteiger partial charge in [0.15, 0.2) is 0 Å². The Hall–Kier alpha value is -0.930. The highest BCUT2D eigenvalue weighted by atomic mass is 15.2. The fraction of sp³-hybridized carbons (Fsp3) is 0.688. The number of nitrogens with zero attached hydrogens (tertiary/aromatic N) is 2. The molecule has 3 nitrogen and oxygen atoms in total. The van der Waals surface area contributed by atoms with Crippen LogP contribution in [0, 0.1) is 5.92 Å². The molecule has 0 spiro atoms. The Labute approximate surface area is 117 Å². The lowest BCUT2D eigenvalue weighted by atomic mass is 9.78. The van der Waals surface area contributed by atoms with Crippen LogP contribution in [-0.4, -0.2) is 35.6 Å². The lowest BCUT2D eigenvalue weighted by Gasteiger charge is -2.44. The van der Waals surface area contributed by atoms with Crippen LogP contribution in [0.4, 0.5) is 0 Å². The van der Waals surface area contributed by atoms with Gasteiger partial charge >= 0.3 is 0 Å². The molecule has 0 amide bonds. The van der Waals surface area contributed by atoms with Crippen LogP contribution in [0.15, 0.2) is 24.5 Å². The molecule has 1 heterocycles. The van der Waals surface area contributed by atoms with Crippen molar-refractivity contribution in [2.24, 2.45) is 5.92 Å². The fourth-order valence-electron chi connectivity index (χ4n) is 2.92. The summed E-state index contributed by atoms with van der Waals surface area (Å²) in [6, 6.07) is 5.03. The highest BCUT2D eigenvalue weighted by Crippen LogP contribution is 2.32. The fourth-order valence-corrected chi connectivity index (χ4v) is 2.92. The van der Waals surface area contributed by atoms with Crippen molar-refractivity contribution in [2.75, 3.05) is 19.6 Å². The van der Waals surface area contributed by atoms with Gasteiger partial charge in [0, 0.05) is 25.0 Å². The quantitative estimate of drug-likeness (QED) is 0.729. The lowest BCUT2D eigenvalue weighted by molar-refractivity contribution is 0.0599. The van der Waals surface area contributed by atoms with Crippen molar-refractivity contribution in [3.05, 3.63) is 30.1 Å². The summed E-state index contributed by atoms with van der Waals surface area (Å²) in [6.07, 6.45) is 7.76. The van der Waals surface area contributed by atoms with Crippen molar-refractivity contribution in [1.82, 2.24) is 15.2 Å². The van der Waals surface area contributed by atoms with Gasteiger partial charge in [-0.1, -0.05) is 13.8 Å². The summed E-state index contributed by atoms with van der Waals surface area (Å²) in [6.45, 7) is 9.04. The summed E-state index contributed by atoms with van der Waals surface area (Å²) >= 11 is 0. The third kappa shape index (κ3) is 4.02. The first-order valence-corrected chi connectivity index (χ1v) is 7.68. The standard InChI is InChI=1S/C16H27N3/c1-3-9-18-12-15-5-6-16(15)19(4-2)13-14-7-10-17-11-8-14/h7-8,10-11,15-16,18H,3-6,9,12-13H2,1-2H3. The topological polar surface area (TPSA) is 28.2 Å². The van der Waals surface area contributed by atoms with Gasteiger partial charge in [-0.3, -0.25) is 9.88 Å². The third-order valence-electron chi connectivity index (χ3n) is 4.22. The monoisotopic (exact) mass is 261 g/mol. The molecule has 0 saturated heterocycles. The van der Waals surface area contributed by atoms with Gasteiger partial charge in [-0.05, 0) is 62.5 Å². The lowest BCUT2D eigenvalue weighted by Crippen LogP contribution is -2.50. The summed E-state index contributed by atoms with van der Waals surface area (Å²) < 4.78 is 0. The molecule has 1 saturated carbocycles. The zero-order chi connectivity index (χ0) is 13.5. The molecule has 1 N–H and O–H groups in total. The van der Waals surface area contributed by atoms with E-state index in [0.29, 0.717) is 0 Å². The van der Waals surface area contributed by atoms with Gasteiger partial charge in [-0.15, -0.1) is 0 Å². The highest BCUT2D eigenvalue weighted by Gasteiger charge is 2.34. The van der Waals surface area contributed by atoms with Gasteiger partial charge in [0.2, 0.25) is 0 Å².